The van der Waals surface area contributed by atoms with Gasteiger partial charge in [-0.05, 0) is 177 Å². The molecule has 0 amide bonds. The summed E-state index contributed by atoms with van der Waals surface area (Å²) < 4.78 is 5.34. The molecule has 0 radical (unpaired) electrons. The Bertz CT molecular complexity index is 5330. The summed E-state index contributed by atoms with van der Waals surface area (Å²) in [6, 6.07) is 114. The lowest BCUT2D eigenvalue weighted by Gasteiger charge is -2.36. The van der Waals surface area contributed by atoms with E-state index < -0.39 is 0 Å². The molecule has 396 valence electrons. The number of hydrogen-bond acceptors (Lipinski definition) is 1. The minimum Gasteiger partial charge on any atom is -0.310 e. The van der Waals surface area contributed by atoms with Gasteiger partial charge in [0.1, 0.15) is 0 Å². The average Bonchev–Trinajstić information content (AvgIpc) is 1.53. The molecule has 0 saturated carbocycles. The molecule has 17 aromatic rings. The maximum Gasteiger partial charge on any atom is 0.252 e. The van der Waals surface area contributed by atoms with Crippen LogP contribution in [0.15, 0.2) is 303 Å². The molecule has 0 fully saturated rings. The largest absolute Gasteiger partial charge is 0.310 e. The Labute approximate surface area is 497 Å². The average molecular weight is 1090 g/mol. The zero-order valence-electron chi connectivity index (χ0n) is 46.8. The molecule has 2 aromatic heterocycles. The Morgan fingerprint density at radius 3 is 0.930 bits per heavy atom. The minimum absolute atomic E-state index is 0.143. The maximum atomic E-state index is 2.67. The van der Waals surface area contributed by atoms with Crippen molar-refractivity contribution >= 4 is 127 Å². The first kappa shape index (κ1) is 47.3. The molecule has 19 rings (SSSR count). The highest BCUT2D eigenvalue weighted by molar-refractivity contribution is 7.00. The summed E-state index contributed by atoms with van der Waals surface area (Å²) >= 11 is 0. The minimum atomic E-state index is -0.143. The van der Waals surface area contributed by atoms with Gasteiger partial charge in [-0.15, -0.1) is 0 Å². The summed E-state index contributed by atoms with van der Waals surface area (Å²) in [6.07, 6.45) is 0. The van der Waals surface area contributed by atoms with Crippen molar-refractivity contribution in [3.63, 3.8) is 0 Å². The van der Waals surface area contributed by atoms with E-state index in [-0.39, 0.29) is 6.71 Å². The number of hydrogen-bond donors (Lipinski definition) is 0. The van der Waals surface area contributed by atoms with Gasteiger partial charge in [0.25, 0.3) is 6.71 Å². The molecule has 3 nitrogen and oxygen atoms in total. The van der Waals surface area contributed by atoms with Crippen LogP contribution in [0, 0.1) is 0 Å². The van der Waals surface area contributed by atoms with Gasteiger partial charge in [-0.25, -0.2) is 0 Å². The van der Waals surface area contributed by atoms with Crippen molar-refractivity contribution in [1.29, 1.82) is 0 Å². The molecular formula is C82H50BN3. The van der Waals surface area contributed by atoms with Crippen molar-refractivity contribution in [2.75, 3.05) is 4.90 Å². The topological polar surface area (TPSA) is 13.1 Å². The third kappa shape index (κ3) is 6.81. The Morgan fingerprint density at radius 2 is 0.570 bits per heavy atom. The Morgan fingerprint density at radius 1 is 0.244 bits per heavy atom. The van der Waals surface area contributed by atoms with E-state index in [1.165, 1.54) is 159 Å². The number of fused-ring (bicyclic) bond motifs is 18. The van der Waals surface area contributed by atoms with Gasteiger partial charge in [-0.2, -0.15) is 0 Å². The highest BCUT2D eigenvalue weighted by Gasteiger charge is 2.43. The lowest BCUT2D eigenvalue weighted by molar-refractivity contribution is 1.13. The van der Waals surface area contributed by atoms with Gasteiger partial charge in [0.15, 0.2) is 0 Å². The number of nitrogens with zero attached hydrogens (tertiary/aromatic N) is 3. The van der Waals surface area contributed by atoms with E-state index >= 15 is 0 Å². The van der Waals surface area contributed by atoms with Crippen LogP contribution in [0.4, 0.5) is 17.1 Å². The van der Waals surface area contributed by atoms with E-state index in [2.05, 4.69) is 317 Å². The Hall–Kier alpha value is -11.2. The second-order valence-electron chi connectivity index (χ2n) is 23.5. The number of para-hydroxylation sites is 2. The second kappa shape index (κ2) is 18.2. The van der Waals surface area contributed by atoms with Gasteiger partial charge >= 0.3 is 0 Å². The molecule has 0 atom stereocenters. The highest BCUT2D eigenvalue weighted by Crippen LogP contribution is 2.49. The normalized spacial score (nSPS) is 12.4. The van der Waals surface area contributed by atoms with Crippen LogP contribution in [0.5, 0.6) is 0 Å². The lowest BCUT2D eigenvalue weighted by Crippen LogP contribution is -2.59. The fraction of sp³-hybridized carbons (Fsp3) is 0. The van der Waals surface area contributed by atoms with Crippen LogP contribution < -0.4 is 21.3 Å². The molecule has 0 unspecified atom stereocenters. The number of benzene rings is 15. The first-order valence-corrected chi connectivity index (χ1v) is 29.9. The number of rotatable bonds is 7. The predicted molar refractivity (Wildman–Crippen MR) is 366 cm³/mol. The van der Waals surface area contributed by atoms with Gasteiger partial charge in [0, 0.05) is 44.3 Å². The monoisotopic (exact) mass is 1090 g/mol. The summed E-state index contributed by atoms with van der Waals surface area (Å²) in [5.74, 6) is 0. The molecule has 4 heterocycles. The quantitative estimate of drug-likeness (QED) is 0.145. The fourth-order valence-electron chi connectivity index (χ4n) is 15.3. The molecule has 2 aliphatic heterocycles. The van der Waals surface area contributed by atoms with Gasteiger partial charge < -0.3 is 14.0 Å². The Kier molecular flexibility index (Phi) is 9.99. The summed E-state index contributed by atoms with van der Waals surface area (Å²) in [4.78, 5) is 2.46. The van der Waals surface area contributed by atoms with Crippen molar-refractivity contribution in [3.8, 4) is 55.9 Å². The van der Waals surface area contributed by atoms with Crippen LogP contribution >= 0.6 is 0 Å². The first-order valence-electron chi connectivity index (χ1n) is 29.9. The predicted octanol–water partition coefficient (Wildman–Crippen LogP) is 19.8. The van der Waals surface area contributed by atoms with Crippen molar-refractivity contribution in [2.45, 2.75) is 0 Å². The van der Waals surface area contributed by atoms with Crippen LogP contribution in [0.25, 0.3) is 143 Å². The van der Waals surface area contributed by atoms with Crippen LogP contribution in [-0.2, 0) is 0 Å². The van der Waals surface area contributed by atoms with Crippen LogP contribution in [0.3, 0.4) is 0 Å². The molecule has 0 bridgehead atoms. The number of anilines is 3. The lowest BCUT2D eigenvalue weighted by atomic mass is 9.34. The van der Waals surface area contributed by atoms with Crippen molar-refractivity contribution in [1.82, 2.24) is 9.13 Å². The molecular weight excluding hydrogens is 1040 g/mol. The zero-order valence-corrected chi connectivity index (χ0v) is 46.8. The van der Waals surface area contributed by atoms with Crippen molar-refractivity contribution in [2.24, 2.45) is 0 Å². The molecule has 0 N–H and O–H groups in total. The Balaban J connectivity index is 1.01. The smallest absolute Gasteiger partial charge is 0.252 e. The van der Waals surface area contributed by atoms with Crippen molar-refractivity contribution < 1.29 is 0 Å². The van der Waals surface area contributed by atoms with Gasteiger partial charge in [-0.3, -0.25) is 0 Å². The first-order chi connectivity index (χ1) is 42.7. The SMILES string of the molecule is c1ccc(-c2ccc3c(ccc4c3c3c5ccc(-c6ccccc6)cc5cc5c3n4-c3cc(N(c4ccccc4)c4ccccc4)cc4c3B5c3cc5cc(-c6ccccc6)ccc5c5c6c7ccc(-c8ccccc8)cc7ccc6n-4c35)c2)cc1. The fourth-order valence-corrected chi connectivity index (χ4v) is 15.3. The molecule has 15 aromatic carbocycles. The van der Waals surface area contributed by atoms with E-state index in [0.29, 0.717) is 0 Å². The third-order valence-electron chi connectivity index (χ3n) is 18.9. The summed E-state index contributed by atoms with van der Waals surface area (Å²) in [5.41, 5.74) is 24.2. The van der Waals surface area contributed by atoms with Crippen LogP contribution in [0.2, 0.25) is 0 Å². The molecule has 0 aliphatic carbocycles. The zero-order chi connectivity index (χ0) is 56.1. The molecule has 0 saturated heterocycles. The van der Waals surface area contributed by atoms with E-state index in [1.807, 2.05) is 0 Å². The molecule has 2 aliphatic rings. The van der Waals surface area contributed by atoms with Gasteiger partial charge in [-0.1, -0.05) is 231 Å². The van der Waals surface area contributed by atoms with Gasteiger partial charge in [0.05, 0.1) is 27.8 Å². The third-order valence-corrected chi connectivity index (χ3v) is 18.9. The standard InChI is InChI=1S/C82H50BN3/c1-7-19-51(20-8-1)55-31-37-66-59(43-55)35-41-72-76(66)78-68-39-33-57(53-23-11-3-12-24-53)45-61(68)47-70-81(78)85(72)74-49-65(84(63-27-15-5-16-28-63)64-29-17-6-18-30-64)50-75-80(74)83(70)71-48-62-46-58(54-25-13-4-14-26-54)34-40-69(62)79-77-67-38-32-56(52-21-9-2-10-22-52)44-60(67)36-42-73(77)86(75)82(71)79/h1-50H. The summed E-state index contributed by atoms with van der Waals surface area (Å²) in [6.45, 7) is -0.143. The maximum absolute atomic E-state index is 2.67. The van der Waals surface area contributed by atoms with Gasteiger partial charge in [0.2, 0.25) is 0 Å². The van der Waals surface area contributed by atoms with E-state index in [1.54, 1.807) is 0 Å². The highest BCUT2D eigenvalue weighted by atomic mass is 15.2. The van der Waals surface area contributed by atoms with E-state index in [9.17, 15) is 0 Å². The van der Waals surface area contributed by atoms with Crippen LogP contribution in [0.1, 0.15) is 0 Å². The van der Waals surface area contributed by atoms with E-state index in [0.717, 1.165) is 17.1 Å². The molecule has 0 spiro atoms. The number of aromatic nitrogens is 2. The van der Waals surface area contributed by atoms with E-state index in [4.69, 9.17) is 0 Å². The summed E-state index contributed by atoms with van der Waals surface area (Å²) in [5, 5.41) is 15.1. The van der Waals surface area contributed by atoms with Crippen molar-refractivity contribution in [3.05, 3.63) is 303 Å². The molecule has 4 heteroatoms. The molecule has 86 heavy (non-hydrogen) atoms. The second-order valence-corrected chi connectivity index (χ2v) is 23.5. The van der Waals surface area contributed by atoms with Crippen LogP contribution in [-0.4, -0.2) is 15.8 Å². The summed E-state index contributed by atoms with van der Waals surface area (Å²) in [7, 11) is 0.